The minimum Gasteiger partial charge on any atom is -0.383 e. The molecule has 5 rings (SSSR count). The number of rotatable bonds is 7. The Balaban J connectivity index is 1.23. The van der Waals surface area contributed by atoms with E-state index in [1.165, 1.54) is 11.9 Å². The number of nitrogens with zero attached hydrogens (tertiary/aromatic N) is 5. The molecule has 2 fully saturated rings. The zero-order chi connectivity index (χ0) is 23.0. The SMILES string of the molecule is COCCN1C=C(CN2CC[C@@H]3CN(c4ncnc5sc(CC(F)(F)F)cc45)C[C@@H]3C2)CN1. The lowest BCUT2D eigenvalue weighted by molar-refractivity contribution is -0.126. The molecule has 0 aliphatic carbocycles. The van der Waals surface area contributed by atoms with Crippen LogP contribution in [0.15, 0.2) is 24.2 Å². The molecule has 0 aromatic carbocycles. The summed E-state index contributed by atoms with van der Waals surface area (Å²) in [6.07, 6.45) is -0.327. The molecule has 3 aliphatic heterocycles. The molecule has 0 bridgehead atoms. The highest BCUT2D eigenvalue weighted by Crippen LogP contribution is 2.38. The molecule has 180 valence electrons. The Labute approximate surface area is 195 Å². The first kappa shape index (κ1) is 22.8. The van der Waals surface area contributed by atoms with Crippen LogP contribution < -0.4 is 10.3 Å². The summed E-state index contributed by atoms with van der Waals surface area (Å²) in [5.74, 6) is 1.91. The lowest BCUT2D eigenvalue weighted by Crippen LogP contribution is -2.41. The molecule has 2 saturated heterocycles. The van der Waals surface area contributed by atoms with Crippen LogP contribution in [-0.4, -0.2) is 85.6 Å². The molecular weight excluding hydrogens is 453 g/mol. The molecule has 0 amide bonds. The average molecular weight is 483 g/mol. The van der Waals surface area contributed by atoms with Gasteiger partial charge in [0.05, 0.1) is 25.0 Å². The maximum absolute atomic E-state index is 12.9. The molecule has 2 aromatic heterocycles. The van der Waals surface area contributed by atoms with Gasteiger partial charge < -0.3 is 14.6 Å². The molecule has 11 heteroatoms. The summed E-state index contributed by atoms with van der Waals surface area (Å²) < 4.78 is 43.8. The molecule has 0 spiro atoms. The average Bonchev–Trinajstić information content (AvgIpc) is 3.48. The van der Waals surface area contributed by atoms with E-state index in [1.54, 1.807) is 13.2 Å². The lowest BCUT2D eigenvalue weighted by atomic mass is 9.88. The second-order valence-corrected chi connectivity index (χ2v) is 10.3. The third-order valence-corrected chi connectivity index (χ3v) is 7.77. The number of halogens is 3. The van der Waals surface area contributed by atoms with E-state index in [1.807, 2.05) is 0 Å². The van der Waals surface area contributed by atoms with Gasteiger partial charge in [-0.15, -0.1) is 11.3 Å². The Morgan fingerprint density at radius 3 is 2.88 bits per heavy atom. The summed E-state index contributed by atoms with van der Waals surface area (Å²) in [5, 5.41) is 2.84. The number of likely N-dealkylation sites (tertiary alicyclic amines) is 1. The van der Waals surface area contributed by atoms with E-state index in [-0.39, 0.29) is 0 Å². The highest BCUT2D eigenvalue weighted by Gasteiger charge is 2.38. The smallest absolute Gasteiger partial charge is 0.383 e. The second-order valence-electron chi connectivity index (χ2n) is 9.18. The maximum atomic E-state index is 12.9. The number of anilines is 1. The zero-order valence-corrected chi connectivity index (χ0v) is 19.5. The van der Waals surface area contributed by atoms with Crippen molar-refractivity contribution in [3.63, 3.8) is 0 Å². The van der Waals surface area contributed by atoms with Crippen LogP contribution in [0.2, 0.25) is 0 Å². The lowest BCUT2D eigenvalue weighted by Gasteiger charge is -2.34. The van der Waals surface area contributed by atoms with E-state index in [0.717, 1.165) is 74.8 Å². The van der Waals surface area contributed by atoms with Crippen molar-refractivity contribution in [2.24, 2.45) is 11.8 Å². The van der Waals surface area contributed by atoms with Gasteiger partial charge in [-0.05, 0) is 36.4 Å². The first-order chi connectivity index (χ1) is 15.9. The van der Waals surface area contributed by atoms with E-state index < -0.39 is 12.6 Å². The van der Waals surface area contributed by atoms with Crippen LogP contribution in [-0.2, 0) is 11.2 Å². The van der Waals surface area contributed by atoms with E-state index in [4.69, 9.17) is 4.74 Å². The Bertz CT molecular complexity index is 1010. The van der Waals surface area contributed by atoms with E-state index >= 15 is 0 Å². The molecule has 0 radical (unpaired) electrons. The van der Waals surface area contributed by atoms with Crippen LogP contribution in [0.1, 0.15) is 11.3 Å². The molecule has 0 saturated carbocycles. The molecule has 1 N–H and O–H groups in total. The fraction of sp³-hybridized carbons (Fsp3) is 0.636. The topological polar surface area (TPSA) is 56.8 Å². The monoisotopic (exact) mass is 482 g/mol. The van der Waals surface area contributed by atoms with Gasteiger partial charge in [-0.3, -0.25) is 4.90 Å². The fourth-order valence-corrected chi connectivity index (χ4v) is 6.24. The predicted molar refractivity (Wildman–Crippen MR) is 122 cm³/mol. The molecule has 0 unspecified atom stereocenters. The first-order valence-electron chi connectivity index (χ1n) is 11.3. The van der Waals surface area contributed by atoms with E-state index in [9.17, 15) is 13.2 Å². The van der Waals surface area contributed by atoms with Gasteiger partial charge in [0, 0.05) is 50.9 Å². The molecule has 7 nitrogen and oxygen atoms in total. The second kappa shape index (κ2) is 9.36. The van der Waals surface area contributed by atoms with Crippen molar-refractivity contribution in [3.8, 4) is 0 Å². The van der Waals surface area contributed by atoms with Crippen LogP contribution in [0.3, 0.4) is 0 Å². The summed E-state index contributed by atoms with van der Waals surface area (Å²) >= 11 is 1.12. The van der Waals surface area contributed by atoms with Gasteiger partial charge in [-0.25, -0.2) is 15.4 Å². The number of ether oxygens (including phenoxy) is 1. The summed E-state index contributed by atoms with van der Waals surface area (Å²) in [6.45, 7) is 7.25. The largest absolute Gasteiger partial charge is 0.393 e. The number of alkyl halides is 3. The van der Waals surface area contributed by atoms with Crippen LogP contribution in [0.4, 0.5) is 19.0 Å². The number of piperidine rings is 1. The van der Waals surface area contributed by atoms with Crippen molar-refractivity contribution in [1.82, 2.24) is 25.3 Å². The predicted octanol–water partition coefficient (Wildman–Crippen LogP) is 2.90. The highest BCUT2D eigenvalue weighted by molar-refractivity contribution is 7.18. The first-order valence-corrected chi connectivity index (χ1v) is 12.2. The number of methoxy groups -OCH3 is 1. The third kappa shape index (κ3) is 5.26. The van der Waals surface area contributed by atoms with Crippen molar-refractivity contribution in [2.45, 2.75) is 19.0 Å². The van der Waals surface area contributed by atoms with Gasteiger partial charge in [0.15, 0.2) is 0 Å². The van der Waals surface area contributed by atoms with E-state index in [0.29, 0.717) is 28.2 Å². The van der Waals surface area contributed by atoms with Crippen molar-refractivity contribution in [3.05, 3.63) is 29.0 Å². The van der Waals surface area contributed by atoms with Crippen LogP contribution >= 0.6 is 11.3 Å². The number of nitrogens with one attached hydrogen (secondary N) is 1. The van der Waals surface area contributed by atoms with Crippen LogP contribution in [0.25, 0.3) is 10.2 Å². The molecule has 2 aromatic rings. The summed E-state index contributed by atoms with van der Waals surface area (Å²) in [6, 6.07) is 1.63. The number of hydrogen-bond donors (Lipinski definition) is 1. The molecule has 3 aliphatic rings. The number of thiophene rings is 1. The van der Waals surface area contributed by atoms with Gasteiger partial charge >= 0.3 is 6.18 Å². The maximum Gasteiger partial charge on any atom is 0.393 e. The number of hydrogen-bond acceptors (Lipinski definition) is 8. The van der Waals surface area contributed by atoms with Crippen molar-refractivity contribution >= 4 is 27.4 Å². The minimum absolute atomic E-state index is 0.292. The highest BCUT2D eigenvalue weighted by atomic mass is 32.1. The Kier molecular flexibility index (Phi) is 6.47. The normalized spacial score (nSPS) is 24.1. The Morgan fingerprint density at radius 1 is 1.21 bits per heavy atom. The van der Waals surface area contributed by atoms with Gasteiger partial charge in [0.25, 0.3) is 0 Å². The number of aromatic nitrogens is 2. The van der Waals surface area contributed by atoms with Crippen LogP contribution in [0.5, 0.6) is 0 Å². The fourth-order valence-electron chi connectivity index (χ4n) is 5.22. The standard InChI is InChI=1S/C22H29F3N6OS/c1-32-5-4-31-10-15(8-28-31)9-29-3-2-16-12-30(13-17(16)11-29)20-19-6-18(7-22(23,24)25)33-21(19)27-14-26-20/h6,10,14,16-17,28H,2-5,7-9,11-13H2,1H3/t16-,17+/m1/s1. The van der Waals surface area contributed by atoms with Gasteiger partial charge in [0.2, 0.25) is 0 Å². The third-order valence-electron chi connectivity index (χ3n) is 6.73. The molecule has 33 heavy (non-hydrogen) atoms. The number of fused-ring (bicyclic) bond motifs is 2. The summed E-state index contributed by atoms with van der Waals surface area (Å²) in [5.41, 5.74) is 4.76. The molecular formula is C22H29F3N6OS. The van der Waals surface area contributed by atoms with Crippen LogP contribution in [0, 0.1) is 11.8 Å². The quantitative estimate of drug-likeness (QED) is 0.651. The van der Waals surface area contributed by atoms with Crippen molar-refractivity contribution < 1.29 is 17.9 Å². The zero-order valence-electron chi connectivity index (χ0n) is 18.6. The van der Waals surface area contributed by atoms with Crippen molar-refractivity contribution in [2.75, 3.05) is 64.4 Å². The summed E-state index contributed by atoms with van der Waals surface area (Å²) in [4.78, 5) is 14.4. The van der Waals surface area contributed by atoms with Crippen molar-refractivity contribution in [1.29, 1.82) is 0 Å². The summed E-state index contributed by atoms with van der Waals surface area (Å²) in [7, 11) is 1.71. The van der Waals surface area contributed by atoms with Gasteiger partial charge in [-0.1, -0.05) is 0 Å². The Hall–Kier alpha value is -1.95. The number of hydrazine groups is 1. The molecule has 2 atom stereocenters. The van der Waals surface area contributed by atoms with Gasteiger partial charge in [0.1, 0.15) is 17.0 Å². The van der Waals surface area contributed by atoms with Gasteiger partial charge in [-0.2, -0.15) is 13.2 Å². The Morgan fingerprint density at radius 2 is 2.06 bits per heavy atom. The minimum atomic E-state index is -4.22. The van der Waals surface area contributed by atoms with E-state index in [2.05, 4.69) is 36.4 Å². The molecule has 5 heterocycles.